The highest BCUT2D eigenvalue weighted by Crippen LogP contribution is 2.18. The number of aromatic hydroxyl groups is 2. The average Bonchev–Trinajstić information content (AvgIpc) is 2.18. The van der Waals surface area contributed by atoms with Crippen molar-refractivity contribution in [2.75, 3.05) is 0 Å². The zero-order valence-electron chi connectivity index (χ0n) is 5.17. The Hall–Kier alpha value is -1.21. The molecule has 7 heteroatoms. The van der Waals surface area contributed by atoms with Crippen LogP contribution in [0.2, 0.25) is 0 Å². The molecule has 6 nitrogen and oxygen atoms in total. The molecule has 0 aliphatic carbocycles. The molecule has 11 heavy (non-hydrogen) atoms. The largest absolute Gasteiger partial charge is 0.492 e. The van der Waals surface area contributed by atoms with Crippen molar-refractivity contribution >= 4 is 11.4 Å². The average molecular weight is 179 g/mol. The lowest BCUT2D eigenvalue weighted by Crippen LogP contribution is -2.11. The van der Waals surface area contributed by atoms with Gasteiger partial charge in [0.15, 0.2) is 0 Å². The van der Waals surface area contributed by atoms with E-state index in [-0.39, 0.29) is 0 Å². The van der Waals surface area contributed by atoms with E-state index in [0.29, 0.717) is 4.73 Å². The first-order valence-electron chi connectivity index (χ1n) is 2.50. The topological polar surface area (TPSA) is 91.9 Å². The van der Waals surface area contributed by atoms with Gasteiger partial charge < -0.3 is 10.2 Å². The fourth-order valence-corrected chi connectivity index (χ4v) is 0.822. The highest BCUT2D eigenvalue weighted by atomic mass is 32.2. The molecule has 0 saturated heterocycles. The van der Waals surface area contributed by atoms with Gasteiger partial charge in [-0.15, -0.1) is 0 Å². The summed E-state index contributed by atoms with van der Waals surface area (Å²) in [7, 11) is 0. The zero-order chi connectivity index (χ0) is 8.43. The second-order valence-corrected chi connectivity index (χ2v) is 2.22. The minimum absolute atomic E-state index is 0.427. The molecule has 1 aromatic rings. The summed E-state index contributed by atoms with van der Waals surface area (Å²) in [6.45, 7) is 0. The van der Waals surface area contributed by atoms with Crippen LogP contribution in [0.1, 0.15) is 0 Å². The molecular weight excluding hydrogens is 174 g/mol. The Morgan fingerprint density at radius 3 is 2.18 bits per heavy atom. The van der Waals surface area contributed by atoms with Crippen LogP contribution in [0.5, 0.6) is 11.8 Å². The second-order valence-electron chi connectivity index (χ2n) is 1.64. The Labute approximate surface area is 64.1 Å². The minimum Gasteiger partial charge on any atom is -0.492 e. The molecule has 0 bridgehead atoms. The predicted molar refractivity (Wildman–Crippen MR) is 35.1 cm³/mol. The Morgan fingerprint density at radius 1 is 1.36 bits per heavy atom. The summed E-state index contributed by atoms with van der Waals surface area (Å²) >= 11 is -2.57. The number of nitrogens with zero attached hydrogens (tertiary/aromatic N) is 1. The van der Waals surface area contributed by atoms with Crippen LogP contribution in [-0.4, -0.2) is 23.7 Å². The Bertz CT molecular complexity index is 263. The molecule has 1 heterocycles. The van der Waals surface area contributed by atoms with Crippen molar-refractivity contribution in [1.82, 2.24) is 4.73 Å². The summed E-state index contributed by atoms with van der Waals surface area (Å²) in [6, 6.07) is 2.23. The molecule has 3 N–H and O–H groups in total. The van der Waals surface area contributed by atoms with E-state index in [2.05, 4.69) is 4.28 Å². The van der Waals surface area contributed by atoms with Gasteiger partial charge in [-0.05, 0) is 0 Å². The molecule has 1 aromatic heterocycles. The summed E-state index contributed by atoms with van der Waals surface area (Å²) in [5.41, 5.74) is 0. The lowest BCUT2D eigenvalue weighted by molar-refractivity contribution is 0.199. The SMILES string of the molecule is O=S(O)On1c(O)ccc1O. The first kappa shape index (κ1) is 7.89. The molecule has 0 radical (unpaired) electrons. The Morgan fingerprint density at radius 2 is 1.82 bits per heavy atom. The van der Waals surface area contributed by atoms with E-state index in [0.717, 1.165) is 12.1 Å². The number of hydrogen-bond donors (Lipinski definition) is 3. The number of rotatable bonds is 2. The highest BCUT2D eigenvalue weighted by molar-refractivity contribution is 7.74. The summed E-state index contributed by atoms with van der Waals surface area (Å²) in [5, 5.41) is 17.6. The van der Waals surface area contributed by atoms with Crippen molar-refractivity contribution in [3.63, 3.8) is 0 Å². The van der Waals surface area contributed by atoms with E-state index in [1.807, 2.05) is 0 Å². The van der Waals surface area contributed by atoms with E-state index >= 15 is 0 Å². The molecule has 0 aliphatic heterocycles. The smallest absolute Gasteiger partial charge is 0.377 e. The molecule has 0 aromatic carbocycles. The standard InChI is InChI=1S/C4H5NO5S/c6-3-1-2-4(7)5(3)10-11(8)9/h1-2,6-7H,(H,8,9). The quantitative estimate of drug-likeness (QED) is 0.530. The third kappa shape index (κ3) is 1.63. The fourth-order valence-electron chi connectivity index (χ4n) is 0.542. The van der Waals surface area contributed by atoms with Gasteiger partial charge in [-0.25, -0.2) is 0 Å². The molecule has 1 rings (SSSR count). The fraction of sp³-hybridized carbons (Fsp3) is 0. The van der Waals surface area contributed by atoms with Gasteiger partial charge in [0, 0.05) is 12.1 Å². The second kappa shape index (κ2) is 2.81. The molecule has 0 spiro atoms. The van der Waals surface area contributed by atoms with Gasteiger partial charge in [0.05, 0.1) is 0 Å². The van der Waals surface area contributed by atoms with Gasteiger partial charge in [-0.3, -0.25) is 8.84 Å². The van der Waals surface area contributed by atoms with Crippen LogP contribution in [0.3, 0.4) is 0 Å². The summed E-state index contributed by atoms with van der Waals surface area (Å²) in [4.78, 5) is 0. The maximum absolute atomic E-state index is 10.0. The van der Waals surface area contributed by atoms with E-state index in [1.165, 1.54) is 0 Å². The predicted octanol–water partition coefficient (Wildman–Crippen LogP) is -0.535. The van der Waals surface area contributed by atoms with Gasteiger partial charge in [0.25, 0.3) is 0 Å². The summed E-state index contributed by atoms with van der Waals surface area (Å²) in [6.07, 6.45) is 0. The third-order valence-electron chi connectivity index (χ3n) is 0.936. The monoisotopic (exact) mass is 179 g/mol. The maximum atomic E-state index is 10.0. The molecule has 0 fully saturated rings. The number of hydrogen-bond acceptors (Lipinski definition) is 4. The Kier molecular flexibility index (Phi) is 2.01. The summed E-state index contributed by atoms with van der Waals surface area (Å²) < 4.78 is 22.7. The molecule has 62 valence electrons. The lowest BCUT2D eigenvalue weighted by atomic mass is 10.6. The molecule has 0 saturated carbocycles. The summed E-state index contributed by atoms with van der Waals surface area (Å²) in [5.74, 6) is -0.908. The lowest BCUT2D eigenvalue weighted by Gasteiger charge is -2.01. The molecular formula is C4H5NO5S. The molecule has 1 atom stereocenters. The van der Waals surface area contributed by atoms with Crippen molar-refractivity contribution in [2.45, 2.75) is 0 Å². The molecule has 1 unspecified atom stereocenters. The van der Waals surface area contributed by atoms with Crippen LogP contribution in [0.15, 0.2) is 12.1 Å². The molecule has 0 aliphatic rings. The van der Waals surface area contributed by atoms with Crippen molar-refractivity contribution in [3.8, 4) is 11.8 Å². The van der Waals surface area contributed by atoms with Gasteiger partial charge in [-0.1, -0.05) is 4.73 Å². The van der Waals surface area contributed by atoms with Crippen molar-refractivity contribution in [3.05, 3.63) is 12.1 Å². The van der Waals surface area contributed by atoms with E-state index in [4.69, 9.17) is 14.8 Å². The van der Waals surface area contributed by atoms with Crippen LogP contribution >= 0.6 is 0 Å². The van der Waals surface area contributed by atoms with Crippen molar-refractivity contribution < 1.29 is 23.3 Å². The number of aromatic nitrogens is 1. The van der Waals surface area contributed by atoms with Crippen LogP contribution in [-0.2, 0) is 11.4 Å². The van der Waals surface area contributed by atoms with Gasteiger partial charge in [-0.2, -0.15) is 4.21 Å². The van der Waals surface area contributed by atoms with E-state index < -0.39 is 23.1 Å². The van der Waals surface area contributed by atoms with E-state index in [1.54, 1.807) is 0 Å². The Balaban J connectivity index is 2.92. The van der Waals surface area contributed by atoms with Crippen molar-refractivity contribution in [1.29, 1.82) is 0 Å². The minimum atomic E-state index is -2.57. The van der Waals surface area contributed by atoms with Crippen LogP contribution in [0.25, 0.3) is 0 Å². The van der Waals surface area contributed by atoms with Crippen LogP contribution in [0.4, 0.5) is 0 Å². The first-order valence-corrected chi connectivity index (χ1v) is 3.54. The molecule has 0 amide bonds. The van der Waals surface area contributed by atoms with E-state index in [9.17, 15) is 4.21 Å². The first-order chi connectivity index (χ1) is 5.11. The van der Waals surface area contributed by atoms with Crippen molar-refractivity contribution in [2.24, 2.45) is 0 Å². The van der Waals surface area contributed by atoms with Gasteiger partial charge >= 0.3 is 11.4 Å². The third-order valence-corrected chi connectivity index (χ3v) is 1.21. The zero-order valence-corrected chi connectivity index (χ0v) is 5.98. The highest BCUT2D eigenvalue weighted by Gasteiger charge is 2.08. The van der Waals surface area contributed by atoms with Gasteiger partial charge in [0.2, 0.25) is 11.8 Å². The normalized spacial score (nSPS) is 12.8. The van der Waals surface area contributed by atoms with Crippen LogP contribution in [0, 0.1) is 0 Å². The maximum Gasteiger partial charge on any atom is 0.377 e. The van der Waals surface area contributed by atoms with Crippen LogP contribution < -0.4 is 4.28 Å². The van der Waals surface area contributed by atoms with Gasteiger partial charge in [0.1, 0.15) is 0 Å².